The maximum Gasteiger partial charge on any atom is 0.338 e. The number of allylic oxidation sites excluding steroid dienone is 1. The zero-order chi connectivity index (χ0) is 19.1. The van der Waals surface area contributed by atoms with E-state index in [9.17, 15) is 9.59 Å². The molecule has 0 aromatic heterocycles. The van der Waals surface area contributed by atoms with Gasteiger partial charge in [0.25, 0.3) is 0 Å². The van der Waals surface area contributed by atoms with Crippen molar-refractivity contribution in [3.63, 3.8) is 0 Å². The van der Waals surface area contributed by atoms with Gasteiger partial charge in [-0.25, -0.2) is 9.59 Å². The lowest BCUT2D eigenvalue weighted by Crippen LogP contribution is -2.46. The minimum atomic E-state index is -0.640. The molecule has 1 N–H and O–H groups in total. The van der Waals surface area contributed by atoms with E-state index in [0.29, 0.717) is 22.6 Å². The smallest absolute Gasteiger partial charge is 0.338 e. The summed E-state index contributed by atoms with van der Waals surface area (Å²) in [4.78, 5) is 26.1. The first-order valence-electron chi connectivity index (χ1n) is 8.00. The van der Waals surface area contributed by atoms with Gasteiger partial charge in [0.15, 0.2) is 6.61 Å². The largest absolute Gasteiger partial charge is 0.479 e. The zero-order valence-corrected chi connectivity index (χ0v) is 14.9. The Hall–Kier alpha value is -3.05. The van der Waals surface area contributed by atoms with Gasteiger partial charge in [-0.3, -0.25) is 0 Å². The van der Waals surface area contributed by atoms with Gasteiger partial charge in [-0.05, 0) is 24.6 Å². The molecule has 0 unspecified atom stereocenters. The summed E-state index contributed by atoms with van der Waals surface area (Å²) in [6.45, 7) is 2.05. The van der Waals surface area contributed by atoms with Crippen molar-refractivity contribution in [1.29, 1.82) is 5.26 Å². The topological polar surface area (TPSA) is 101 Å². The number of carbonyl (C=O) groups is 2. The van der Waals surface area contributed by atoms with Crippen LogP contribution in [-0.2, 0) is 14.3 Å². The Morgan fingerprint density at radius 1 is 1.31 bits per heavy atom. The standard InChI is InChI=1S/C18H21N3O5/c1-12-15(17(22)26-11-10-24-3)16(20-18(23)21(12)2)13-4-6-14(7-5-13)25-9-8-19/h4-7,16H,9-11H2,1-3H3,(H,20,23)/t16-/m1/s1. The molecule has 0 radical (unpaired) electrons. The third-order valence-electron chi connectivity index (χ3n) is 4.01. The molecule has 0 fully saturated rings. The van der Waals surface area contributed by atoms with E-state index in [4.69, 9.17) is 19.5 Å². The third-order valence-corrected chi connectivity index (χ3v) is 4.01. The highest BCUT2D eigenvalue weighted by molar-refractivity contribution is 5.95. The molecule has 8 heteroatoms. The van der Waals surface area contributed by atoms with Gasteiger partial charge in [0.2, 0.25) is 0 Å². The monoisotopic (exact) mass is 359 g/mol. The van der Waals surface area contributed by atoms with E-state index in [-0.39, 0.29) is 25.9 Å². The molecule has 138 valence electrons. The molecule has 1 aromatic rings. The van der Waals surface area contributed by atoms with Crippen LogP contribution in [0.3, 0.4) is 0 Å². The van der Waals surface area contributed by atoms with Crippen molar-refractivity contribution in [3.05, 3.63) is 41.1 Å². The van der Waals surface area contributed by atoms with E-state index < -0.39 is 12.0 Å². The first-order chi connectivity index (χ1) is 12.5. The second-order valence-electron chi connectivity index (χ2n) is 5.59. The van der Waals surface area contributed by atoms with Gasteiger partial charge in [-0.2, -0.15) is 5.26 Å². The first kappa shape index (κ1) is 19.3. The molecule has 2 rings (SSSR count). The van der Waals surface area contributed by atoms with Gasteiger partial charge < -0.3 is 24.4 Å². The average molecular weight is 359 g/mol. The van der Waals surface area contributed by atoms with Crippen molar-refractivity contribution < 1.29 is 23.8 Å². The van der Waals surface area contributed by atoms with Crippen LogP contribution in [0.25, 0.3) is 0 Å². The van der Waals surface area contributed by atoms with Crippen LogP contribution in [-0.4, -0.2) is 50.9 Å². The van der Waals surface area contributed by atoms with Crippen molar-refractivity contribution in [2.75, 3.05) is 34.0 Å². The second-order valence-corrected chi connectivity index (χ2v) is 5.59. The molecule has 0 aliphatic carbocycles. The van der Waals surface area contributed by atoms with E-state index in [2.05, 4.69) is 5.32 Å². The first-order valence-corrected chi connectivity index (χ1v) is 8.00. The highest BCUT2D eigenvalue weighted by atomic mass is 16.6. The maximum absolute atomic E-state index is 12.6. The Labute approximate surface area is 151 Å². The molecule has 8 nitrogen and oxygen atoms in total. The Morgan fingerprint density at radius 2 is 2.00 bits per heavy atom. The molecule has 0 saturated carbocycles. The fourth-order valence-electron chi connectivity index (χ4n) is 2.52. The number of ether oxygens (including phenoxy) is 3. The lowest BCUT2D eigenvalue weighted by molar-refractivity contribution is -0.140. The van der Waals surface area contributed by atoms with Gasteiger partial charge in [0.1, 0.15) is 18.4 Å². The molecule has 26 heavy (non-hydrogen) atoms. The Morgan fingerprint density at radius 3 is 2.62 bits per heavy atom. The number of rotatable bonds is 7. The molecule has 1 aromatic carbocycles. The predicted molar refractivity (Wildman–Crippen MR) is 92.1 cm³/mol. The number of nitrogens with one attached hydrogen (secondary N) is 1. The predicted octanol–water partition coefficient (Wildman–Crippen LogP) is 1.75. The lowest BCUT2D eigenvalue weighted by Gasteiger charge is -2.33. The van der Waals surface area contributed by atoms with Crippen LogP contribution in [0.1, 0.15) is 18.5 Å². The van der Waals surface area contributed by atoms with Crippen molar-refractivity contribution in [1.82, 2.24) is 10.2 Å². The van der Waals surface area contributed by atoms with Gasteiger partial charge in [0.05, 0.1) is 18.2 Å². The fourth-order valence-corrected chi connectivity index (χ4v) is 2.52. The molecule has 2 amide bonds. The SMILES string of the molecule is COCCOC(=O)C1=C(C)N(C)C(=O)N[C@@H]1c1ccc(OCC#N)cc1. The molecule has 0 spiro atoms. The fraction of sp³-hybridized carbons (Fsp3) is 0.389. The van der Waals surface area contributed by atoms with Crippen LogP contribution < -0.4 is 10.1 Å². The van der Waals surface area contributed by atoms with E-state index in [1.165, 1.54) is 12.0 Å². The maximum atomic E-state index is 12.6. The lowest BCUT2D eigenvalue weighted by atomic mass is 9.95. The number of urea groups is 1. The van der Waals surface area contributed by atoms with Gasteiger partial charge in [-0.1, -0.05) is 12.1 Å². The van der Waals surface area contributed by atoms with E-state index in [1.807, 2.05) is 6.07 Å². The Balaban J connectivity index is 2.30. The summed E-state index contributed by atoms with van der Waals surface area (Å²) in [6.07, 6.45) is 0. The Bertz CT molecular complexity index is 736. The van der Waals surface area contributed by atoms with Crippen molar-refractivity contribution in [3.8, 4) is 11.8 Å². The summed E-state index contributed by atoms with van der Waals surface area (Å²) in [5, 5.41) is 11.4. The molecular formula is C18H21N3O5. The minimum Gasteiger partial charge on any atom is -0.479 e. The minimum absolute atomic E-state index is 0.0552. The number of hydrogen-bond donors (Lipinski definition) is 1. The third kappa shape index (κ3) is 4.32. The van der Waals surface area contributed by atoms with E-state index >= 15 is 0 Å². The number of methoxy groups -OCH3 is 1. The number of esters is 1. The zero-order valence-electron chi connectivity index (χ0n) is 14.9. The van der Waals surface area contributed by atoms with Crippen LogP contribution in [0.5, 0.6) is 5.75 Å². The molecular weight excluding hydrogens is 338 g/mol. The van der Waals surface area contributed by atoms with Crippen LogP contribution in [0.15, 0.2) is 35.5 Å². The van der Waals surface area contributed by atoms with Crippen molar-refractivity contribution in [2.24, 2.45) is 0 Å². The number of benzene rings is 1. The molecule has 1 aliphatic heterocycles. The molecule has 0 bridgehead atoms. The van der Waals surface area contributed by atoms with E-state index in [1.54, 1.807) is 38.2 Å². The van der Waals surface area contributed by atoms with Crippen LogP contribution in [0.2, 0.25) is 0 Å². The van der Waals surface area contributed by atoms with Crippen molar-refractivity contribution in [2.45, 2.75) is 13.0 Å². The molecule has 1 heterocycles. The highest BCUT2D eigenvalue weighted by Gasteiger charge is 2.34. The summed E-state index contributed by atoms with van der Waals surface area (Å²) >= 11 is 0. The molecule has 0 saturated heterocycles. The average Bonchev–Trinajstić information content (AvgIpc) is 2.64. The van der Waals surface area contributed by atoms with Crippen LogP contribution in [0, 0.1) is 11.3 Å². The summed E-state index contributed by atoms with van der Waals surface area (Å²) in [6, 6.07) is 7.77. The second kappa shape index (κ2) is 8.87. The van der Waals surface area contributed by atoms with Gasteiger partial charge >= 0.3 is 12.0 Å². The number of nitriles is 1. The Kier molecular flexibility index (Phi) is 6.58. The number of nitrogens with zero attached hydrogens (tertiary/aromatic N) is 2. The van der Waals surface area contributed by atoms with Gasteiger partial charge in [0, 0.05) is 19.9 Å². The van der Waals surface area contributed by atoms with E-state index in [0.717, 1.165) is 0 Å². The van der Waals surface area contributed by atoms with Gasteiger partial charge in [-0.15, -0.1) is 0 Å². The quantitative estimate of drug-likeness (QED) is 0.588. The highest BCUT2D eigenvalue weighted by Crippen LogP contribution is 2.31. The van der Waals surface area contributed by atoms with Crippen LogP contribution in [0.4, 0.5) is 4.79 Å². The number of amides is 2. The molecule has 1 aliphatic rings. The number of carbonyl (C=O) groups excluding carboxylic acids is 2. The van der Waals surface area contributed by atoms with Crippen molar-refractivity contribution >= 4 is 12.0 Å². The summed E-state index contributed by atoms with van der Waals surface area (Å²) in [5.74, 6) is 0.0145. The summed E-state index contributed by atoms with van der Waals surface area (Å²) < 4.78 is 15.4. The van der Waals surface area contributed by atoms with Crippen LogP contribution >= 0.6 is 0 Å². The number of hydrogen-bond acceptors (Lipinski definition) is 6. The molecule has 1 atom stereocenters. The normalized spacial score (nSPS) is 16.8. The summed E-state index contributed by atoms with van der Waals surface area (Å²) in [5.41, 5.74) is 1.58. The summed E-state index contributed by atoms with van der Waals surface area (Å²) in [7, 11) is 3.11.